The smallest absolute Gasteiger partial charge is 0.214 e. The van der Waals surface area contributed by atoms with E-state index in [0.717, 1.165) is 0 Å². The highest BCUT2D eigenvalue weighted by Crippen LogP contribution is 2.17. The van der Waals surface area contributed by atoms with Crippen LogP contribution in [0.15, 0.2) is 16.6 Å². The van der Waals surface area contributed by atoms with E-state index >= 15 is 0 Å². The van der Waals surface area contributed by atoms with Gasteiger partial charge in [-0.25, -0.2) is 4.98 Å². The van der Waals surface area contributed by atoms with Gasteiger partial charge in [-0.15, -0.1) is 0 Å². The third-order valence-corrected chi connectivity index (χ3v) is 1.86. The zero-order valence-corrected chi connectivity index (χ0v) is 8.13. The molecule has 0 atom stereocenters. The van der Waals surface area contributed by atoms with Gasteiger partial charge in [0, 0.05) is 6.07 Å². The van der Waals surface area contributed by atoms with E-state index in [1.807, 2.05) is 13.0 Å². The summed E-state index contributed by atoms with van der Waals surface area (Å²) in [5.41, 5.74) is 0.348. The first-order valence-corrected chi connectivity index (χ1v) is 4.26. The molecule has 0 unspecified atom stereocenters. The van der Waals surface area contributed by atoms with Crippen LogP contribution in [0.25, 0.3) is 0 Å². The van der Waals surface area contributed by atoms with Crippen molar-refractivity contribution in [1.29, 1.82) is 5.26 Å². The molecule has 0 saturated carbocycles. The van der Waals surface area contributed by atoms with Gasteiger partial charge in [-0.2, -0.15) is 5.26 Å². The van der Waals surface area contributed by atoms with Crippen molar-refractivity contribution < 1.29 is 4.74 Å². The zero-order chi connectivity index (χ0) is 8.97. The Bertz CT molecular complexity index is 319. The van der Waals surface area contributed by atoms with E-state index in [9.17, 15) is 0 Å². The SMILES string of the molecule is CCOc1ccc(Br)c(C#N)n1. The highest BCUT2D eigenvalue weighted by atomic mass is 79.9. The van der Waals surface area contributed by atoms with Crippen LogP contribution in [0.3, 0.4) is 0 Å². The van der Waals surface area contributed by atoms with Crippen LogP contribution in [0, 0.1) is 11.3 Å². The summed E-state index contributed by atoms with van der Waals surface area (Å²) in [5.74, 6) is 0.484. The molecule has 0 fully saturated rings. The number of aromatic nitrogens is 1. The molecule has 0 radical (unpaired) electrons. The van der Waals surface area contributed by atoms with Crippen molar-refractivity contribution >= 4 is 15.9 Å². The van der Waals surface area contributed by atoms with E-state index in [2.05, 4.69) is 20.9 Å². The lowest BCUT2D eigenvalue weighted by Gasteiger charge is -2.01. The molecule has 0 saturated heterocycles. The molecule has 12 heavy (non-hydrogen) atoms. The average Bonchev–Trinajstić information content (AvgIpc) is 2.09. The molecule has 0 aliphatic carbocycles. The number of pyridine rings is 1. The molecule has 1 aromatic heterocycles. The minimum atomic E-state index is 0.348. The van der Waals surface area contributed by atoms with Gasteiger partial charge in [-0.3, -0.25) is 0 Å². The fraction of sp³-hybridized carbons (Fsp3) is 0.250. The minimum Gasteiger partial charge on any atom is -0.478 e. The third-order valence-electron chi connectivity index (χ3n) is 1.22. The topological polar surface area (TPSA) is 45.9 Å². The van der Waals surface area contributed by atoms with Crippen molar-refractivity contribution in [3.8, 4) is 11.9 Å². The fourth-order valence-electron chi connectivity index (χ4n) is 0.731. The van der Waals surface area contributed by atoms with E-state index in [-0.39, 0.29) is 0 Å². The molecule has 0 spiro atoms. The molecular formula is C8H7BrN2O. The van der Waals surface area contributed by atoms with E-state index in [1.165, 1.54) is 0 Å². The summed E-state index contributed by atoms with van der Waals surface area (Å²) in [7, 11) is 0. The number of halogens is 1. The maximum atomic E-state index is 8.61. The summed E-state index contributed by atoms with van der Waals surface area (Å²) in [6, 6.07) is 5.42. The van der Waals surface area contributed by atoms with Gasteiger partial charge in [-0.05, 0) is 28.9 Å². The molecule has 4 heteroatoms. The van der Waals surface area contributed by atoms with Crippen LogP contribution in [0.5, 0.6) is 5.88 Å². The first-order valence-electron chi connectivity index (χ1n) is 3.47. The van der Waals surface area contributed by atoms with Crippen LogP contribution < -0.4 is 4.74 Å². The van der Waals surface area contributed by atoms with Crippen LogP contribution in [0.4, 0.5) is 0 Å². The Kier molecular flexibility index (Phi) is 3.06. The highest BCUT2D eigenvalue weighted by Gasteiger charge is 2.01. The Hall–Kier alpha value is -1.08. The molecular weight excluding hydrogens is 220 g/mol. The Balaban J connectivity index is 2.99. The largest absolute Gasteiger partial charge is 0.478 e. The average molecular weight is 227 g/mol. The summed E-state index contributed by atoms with van der Waals surface area (Å²) in [6.07, 6.45) is 0. The van der Waals surface area contributed by atoms with Gasteiger partial charge in [0.1, 0.15) is 6.07 Å². The van der Waals surface area contributed by atoms with Crippen LogP contribution in [-0.2, 0) is 0 Å². The van der Waals surface area contributed by atoms with Gasteiger partial charge in [0.05, 0.1) is 11.1 Å². The summed E-state index contributed by atoms with van der Waals surface area (Å²) in [4.78, 5) is 3.95. The fourth-order valence-corrected chi connectivity index (χ4v) is 1.04. The van der Waals surface area contributed by atoms with Crippen LogP contribution in [0.1, 0.15) is 12.6 Å². The van der Waals surface area contributed by atoms with Gasteiger partial charge in [0.15, 0.2) is 5.69 Å². The number of nitrogens with zero attached hydrogens (tertiary/aromatic N) is 2. The Morgan fingerprint density at radius 1 is 1.67 bits per heavy atom. The van der Waals surface area contributed by atoms with Gasteiger partial charge in [0.25, 0.3) is 0 Å². The maximum absolute atomic E-state index is 8.61. The number of ether oxygens (including phenoxy) is 1. The van der Waals surface area contributed by atoms with Crippen LogP contribution >= 0.6 is 15.9 Å². The highest BCUT2D eigenvalue weighted by molar-refractivity contribution is 9.10. The van der Waals surface area contributed by atoms with Gasteiger partial charge >= 0.3 is 0 Å². The summed E-state index contributed by atoms with van der Waals surface area (Å²) in [6.45, 7) is 2.43. The number of rotatable bonds is 2. The monoisotopic (exact) mass is 226 g/mol. The third kappa shape index (κ3) is 1.95. The number of hydrogen-bond donors (Lipinski definition) is 0. The first-order chi connectivity index (χ1) is 5.77. The molecule has 0 bridgehead atoms. The zero-order valence-electron chi connectivity index (χ0n) is 6.54. The predicted molar refractivity (Wildman–Crippen MR) is 47.8 cm³/mol. The molecule has 0 aliphatic rings. The van der Waals surface area contributed by atoms with E-state index in [4.69, 9.17) is 10.00 Å². The Morgan fingerprint density at radius 2 is 2.42 bits per heavy atom. The quantitative estimate of drug-likeness (QED) is 0.777. The van der Waals surface area contributed by atoms with E-state index in [0.29, 0.717) is 22.7 Å². The van der Waals surface area contributed by atoms with Gasteiger partial charge in [-0.1, -0.05) is 0 Å². The summed E-state index contributed by atoms with van der Waals surface area (Å²) < 4.78 is 5.81. The summed E-state index contributed by atoms with van der Waals surface area (Å²) in [5, 5.41) is 8.61. The minimum absolute atomic E-state index is 0.348. The van der Waals surface area contributed by atoms with Crippen molar-refractivity contribution in [3.05, 3.63) is 22.3 Å². The molecule has 1 rings (SSSR count). The standard InChI is InChI=1S/C8H7BrN2O/c1-2-12-8-4-3-6(9)7(5-10)11-8/h3-4H,2H2,1H3. The predicted octanol–water partition coefficient (Wildman–Crippen LogP) is 2.11. The van der Waals surface area contributed by atoms with E-state index in [1.54, 1.807) is 12.1 Å². The van der Waals surface area contributed by atoms with Crippen LogP contribution in [-0.4, -0.2) is 11.6 Å². The normalized spacial score (nSPS) is 9.08. The lowest BCUT2D eigenvalue weighted by Crippen LogP contribution is -1.95. The molecule has 3 nitrogen and oxygen atoms in total. The molecule has 1 heterocycles. The second-order valence-electron chi connectivity index (χ2n) is 2.02. The summed E-state index contributed by atoms with van der Waals surface area (Å²) >= 11 is 3.20. The second kappa shape index (κ2) is 4.07. The van der Waals surface area contributed by atoms with Gasteiger partial charge < -0.3 is 4.74 Å². The molecule has 0 amide bonds. The van der Waals surface area contributed by atoms with Crippen molar-refractivity contribution in [3.63, 3.8) is 0 Å². The maximum Gasteiger partial charge on any atom is 0.214 e. The van der Waals surface area contributed by atoms with Crippen molar-refractivity contribution in [2.24, 2.45) is 0 Å². The number of nitriles is 1. The molecule has 62 valence electrons. The van der Waals surface area contributed by atoms with Crippen LogP contribution in [0.2, 0.25) is 0 Å². The molecule has 1 aromatic rings. The molecule has 0 aromatic carbocycles. The van der Waals surface area contributed by atoms with Crippen molar-refractivity contribution in [2.75, 3.05) is 6.61 Å². The lowest BCUT2D eigenvalue weighted by molar-refractivity contribution is 0.326. The lowest BCUT2D eigenvalue weighted by atomic mass is 10.4. The van der Waals surface area contributed by atoms with Crippen molar-refractivity contribution in [2.45, 2.75) is 6.92 Å². The van der Waals surface area contributed by atoms with Crippen molar-refractivity contribution in [1.82, 2.24) is 4.98 Å². The molecule has 0 N–H and O–H groups in total. The molecule has 0 aliphatic heterocycles. The Labute approximate surface area is 79.1 Å². The Morgan fingerprint density at radius 3 is 3.00 bits per heavy atom. The second-order valence-corrected chi connectivity index (χ2v) is 2.88. The van der Waals surface area contributed by atoms with Gasteiger partial charge in [0.2, 0.25) is 5.88 Å². The van der Waals surface area contributed by atoms with E-state index < -0.39 is 0 Å². The first kappa shape index (κ1) is 9.01. The number of hydrogen-bond acceptors (Lipinski definition) is 3.